The molecular formula is C14H19NO2. The zero-order chi connectivity index (χ0) is 12.5. The fourth-order valence-corrected chi connectivity index (χ4v) is 2.90. The topological polar surface area (TPSA) is 40.5 Å². The van der Waals surface area contributed by atoms with Crippen molar-refractivity contribution < 1.29 is 9.90 Å². The number of benzene rings is 1. The standard InChI is InChI=1S/C14H19NO2/c1-11-8-15(10-16)9-12(2)14(11,17)13-6-4-3-5-7-13/h3-7,10-12,17H,8-9H2,1-2H3. The van der Waals surface area contributed by atoms with Crippen molar-refractivity contribution in [3.63, 3.8) is 0 Å². The Morgan fingerprint density at radius 2 is 1.76 bits per heavy atom. The van der Waals surface area contributed by atoms with Gasteiger partial charge in [-0.3, -0.25) is 4.79 Å². The molecule has 92 valence electrons. The molecule has 0 aromatic heterocycles. The number of aliphatic hydroxyl groups is 1. The molecule has 0 spiro atoms. The Kier molecular flexibility index (Phi) is 3.20. The van der Waals surface area contributed by atoms with Gasteiger partial charge in [-0.1, -0.05) is 44.2 Å². The van der Waals surface area contributed by atoms with Crippen LogP contribution in [0.2, 0.25) is 0 Å². The van der Waals surface area contributed by atoms with Crippen LogP contribution in [-0.2, 0) is 10.4 Å². The van der Waals surface area contributed by atoms with Crippen LogP contribution < -0.4 is 0 Å². The molecular weight excluding hydrogens is 214 g/mol. The number of rotatable bonds is 2. The summed E-state index contributed by atoms with van der Waals surface area (Å²) in [5.74, 6) is 0.0812. The van der Waals surface area contributed by atoms with Gasteiger partial charge in [0.1, 0.15) is 0 Å². The molecule has 1 N–H and O–H groups in total. The Balaban J connectivity index is 2.33. The summed E-state index contributed by atoms with van der Waals surface area (Å²) >= 11 is 0. The third-order valence-corrected chi connectivity index (χ3v) is 3.90. The molecule has 0 radical (unpaired) electrons. The Morgan fingerprint density at radius 1 is 1.24 bits per heavy atom. The highest BCUT2D eigenvalue weighted by Crippen LogP contribution is 2.40. The van der Waals surface area contributed by atoms with Crippen LogP contribution in [0.4, 0.5) is 0 Å². The van der Waals surface area contributed by atoms with Crippen LogP contribution >= 0.6 is 0 Å². The third kappa shape index (κ3) is 1.95. The first kappa shape index (κ1) is 12.1. The predicted octanol–water partition coefficient (Wildman–Crippen LogP) is 1.62. The maximum Gasteiger partial charge on any atom is 0.209 e. The SMILES string of the molecule is CC1CN(C=O)CC(C)C1(O)c1ccccc1. The van der Waals surface area contributed by atoms with Crippen LogP contribution in [-0.4, -0.2) is 29.5 Å². The van der Waals surface area contributed by atoms with E-state index in [-0.39, 0.29) is 11.8 Å². The van der Waals surface area contributed by atoms with E-state index in [4.69, 9.17) is 0 Å². The largest absolute Gasteiger partial charge is 0.384 e. The van der Waals surface area contributed by atoms with Crippen molar-refractivity contribution in [1.82, 2.24) is 4.90 Å². The van der Waals surface area contributed by atoms with Crippen LogP contribution in [0.5, 0.6) is 0 Å². The second-order valence-electron chi connectivity index (χ2n) is 5.05. The fourth-order valence-electron chi connectivity index (χ4n) is 2.90. The number of hydrogen-bond donors (Lipinski definition) is 1. The van der Waals surface area contributed by atoms with Gasteiger partial charge >= 0.3 is 0 Å². The van der Waals surface area contributed by atoms with E-state index in [2.05, 4.69) is 0 Å². The quantitative estimate of drug-likeness (QED) is 0.789. The Bertz CT molecular complexity index is 378. The lowest BCUT2D eigenvalue weighted by atomic mass is 9.71. The molecule has 2 rings (SSSR count). The molecule has 17 heavy (non-hydrogen) atoms. The summed E-state index contributed by atoms with van der Waals surface area (Å²) in [7, 11) is 0. The summed E-state index contributed by atoms with van der Waals surface area (Å²) in [6.45, 7) is 5.22. The summed E-state index contributed by atoms with van der Waals surface area (Å²) in [5, 5.41) is 11.0. The maximum atomic E-state index is 11.0. The van der Waals surface area contributed by atoms with E-state index in [0.717, 1.165) is 12.0 Å². The lowest BCUT2D eigenvalue weighted by Crippen LogP contribution is -2.54. The number of carbonyl (C=O) groups is 1. The van der Waals surface area contributed by atoms with Crippen LogP contribution in [0.3, 0.4) is 0 Å². The Morgan fingerprint density at radius 3 is 2.24 bits per heavy atom. The third-order valence-electron chi connectivity index (χ3n) is 3.90. The summed E-state index contributed by atoms with van der Waals surface area (Å²) < 4.78 is 0. The van der Waals surface area contributed by atoms with Crippen molar-refractivity contribution in [1.29, 1.82) is 0 Å². The normalized spacial score (nSPS) is 33.5. The molecule has 1 aliphatic rings. The number of piperidine rings is 1. The van der Waals surface area contributed by atoms with E-state index in [1.54, 1.807) is 4.90 Å². The summed E-state index contributed by atoms with van der Waals surface area (Å²) in [4.78, 5) is 12.6. The zero-order valence-electron chi connectivity index (χ0n) is 10.3. The van der Waals surface area contributed by atoms with E-state index in [0.29, 0.717) is 13.1 Å². The van der Waals surface area contributed by atoms with E-state index >= 15 is 0 Å². The second-order valence-corrected chi connectivity index (χ2v) is 5.05. The number of amides is 1. The highest BCUT2D eigenvalue weighted by atomic mass is 16.3. The molecule has 0 saturated carbocycles. The molecule has 1 heterocycles. The van der Waals surface area contributed by atoms with Gasteiger partial charge in [0.2, 0.25) is 6.41 Å². The van der Waals surface area contributed by atoms with Crippen molar-refractivity contribution in [3.8, 4) is 0 Å². The predicted molar refractivity (Wildman–Crippen MR) is 66.3 cm³/mol. The molecule has 1 aliphatic heterocycles. The first-order chi connectivity index (χ1) is 8.09. The van der Waals surface area contributed by atoms with Crippen LogP contribution in [0.1, 0.15) is 19.4 Å². The highest BCUT2D eigenvalue weighted by molar-refractivity contribution is 5.47. The van der Waals surface area contributed by atoms with Crippen LogP contribution in [0.25, 0.3) is 0 Å². The minimum atomic E-state index is -0.833. The van der Waals surface area contributed by atoms with Gasteiger partial charge in [-0.15, -0.1) is 0 Å². The van der Waals surface area contributed by atoms with Crippen LogP contribution in [0, 0.1) is 11.8 Å². The zero-order valence-corrected chi connectivity index (χ0v) is 10.3. The first-order valence-electron chi connectivity index (χ1n) is 6.06. The number of hydrogen-bond acceptors (Lipinski definition) is 2. The van der Waals surface area contributed by atoms with Gasteiger partial charge in [0.25, 0.3) is 0 Å². The highest BCUT2D eigenvalue weighted by Gasteiger charge is 2.45. The Hall–Kier alpha value is -1.35. The summed E-state index contributed by atoms with van der Waals surface area (Å²) in [6, 6.07) is 9.76. The maximum absolute atomic E-state index is 11.0. The van der Waals surface area contributed by atoms with Gasteiger partial charge in [0.15, 0.2) is 0 Å². The molecule has 1 aromatic rings. The van der Waals surface area contributed by atoms with Gasteiger partial charge in [-0.2, -0.15) is 0 Å². The van der Waals surface area contributed by atoms with Crippen molar-refractivity contribution in [2.24, 2.45) is 11.8 Å². The molecule has 3 heteroatoms. The minimum absolute atomic E-state index is 0.0406. The van der Waals surface area contributed by atoms with E-state index in [1.165, 1.54) is 0 Å². The lowest BCUT2D eigenvalue weighted by Gasteiger charge is -2.47. The smallest absolute Gasteiger partial charge is 0.209 e. The van der Waals surface area contributed by atoms with Crippen molar-refractivity contribution in [2.45, 2.75) is 19.4 Å². The molecule has 3 nitrogen and oxygen atoms in total. The van der Waals surface area contributed by atoms with E-state index in [1.807, 2.05) is 44.2 Å². The molecule has 1 aromatic carbocycles. The molecule has 1 fully saturated rings. The monoisotopic (exact) mass is 233 g/mol. The first-order valence-corrected chi connectivity index (χ1v) is 6.06. The van der Waals surface area contributed by atoms with Crippen molar-refractivity contribution >= 4 is 6.41 Å². The summed E-state index contributed by atoms with van der Waals surface area (Å²) in [5.41, 5.74) is 0.117. The van der Waals surface area contributed by atoms with Gasteiger partial charge in [-0.25, -0.2) is 0 Å². The molecule has 2 atom stereocenters. The minimum Gasteiger partial charge on any atom is -0.384 e. The van der Waals surface area contributed by atoms with Crippen LogP contribution in [0.15, 0.2) is 30.3 Å². The average molecular weight is 233 g/mol. The van der Waals surface area contributed by atoms with Crippen molar-refractivity contribution in [3.05, 3.63) is 35.9 Å². The number of nitrogens with zero attached hydrogens (tertiary/aromatic N) is 1. The molecule has 2 unspecified atom stereocenters. The molecule has 0 aliphatic carbocycles. The van der Waals surface area contributed by atoms with Gasteiger partial charge in [0, 0.05) is 24.9 Å². The Labute approximate surface area is 102 Å². The lowest BCUT2D eigenvalue weighted by molar-refractivity contribution is -0.137. The molecule has 1 amide bonds. The fraction of sp³-hybridized carbons (Fsp3) is 0.500. The summed E-state index contributed by atoms with van der Waals surface area (Å²) in [6.07, 6.45) is 0.873. The van der Waals surface area contributed by atoms with E-state index < -0.39 is 5.60 Å². The second kappa shape index (κ2) is 4.49. The number of carbonyl (C=O) groups excluding carboxylic acids is 1. The number of likely N-dealkylation sites (tertiary alicyclic amines) is 1. The van der Waals surface area contributed by atoms with Gasteiger partial charge in [0.05, 0.1) is 5.60 Å². The molecule has 1 saturated heterocycles. The van der Waals surface area contributed by atoms with Crippen molar-refractivity contribution in [2.75, 3.05) is 13.1 Å². The van der Waals surface area contributed by atoms with Gasteiger partial charge in [-0.05, 0) is 5.56 Å². The molecule has 0 bridgehead atoms. The van der Waals surface area contributed by atoms with Gasteiger partial charge < -0.3 is 10.0 Å². The average Bonchev–Trinajstić information content (AvgIpc) is 2.36. The van der Waals surface area contributed by atoms with E-state index in [9.17, 15) is 9.90 Å².